The molecule has 0 aromatic heterocycles. The monoisotopic (exact) mass is 180 g/mol. The van der Waals surface area contributed by atoms with Gasteiger partial charge in [0, 0.05) is 11.6 Å². The van der Waals surface area contributed by atoms with Gasteiger partial charge in [-0.2, -0.15) is 0 Å². The highest BCUT2D eigenvalue weighted by Crippen LogP contribution is 2.17. The van der Waals surface area contributed by atoms with E-state index < -0.39 is 10.9 Å². The molecule has 0 unspecified atom stereocenters. The Morgan fingerprint density at radius 1 is 1.69 bits per heavy atom. The summed E-state index contributed by atoms with van der Waals surface area (Å²) in [4.78, 5) is 20.1. The zero-order chi connectivity index (χ0) is 9.84. The molecule has 0 aliphatic heterocycles. The van der Waals surface area contributed by atoms with Crippen LogP contribution in [0.5, 0.6) is 0 Å². The third-order valence-electron chi connectivity index (χ3n) is 1.46. The van der Waals surface area contributed by atoms with Crippen molar-refractivity contribution in [3.8, 4) is 0 Å². The van der Waals surface area contributed by atoms with Crippen LogP contribution in [-0.2, 0) is 11.2 Å². The number of nitro groups is 1. The summed E-state index contributed by atoms with van der Waals surface area (Å²) in [5, 5.41) is 18.8. The predicted octanol–water partition coefficient (Wildman–Crippen LogP) is 1.02. The lowest BCUT2D eigenvalue weighted by molar-refractivity contribution is -0.385. The first-order valence-corrected chi connectivity index (χ1v) is 3.46. The molecule has 67 valence electrons. The molecule has 0 amide bonds. The van der Waals surface area contributed by atoms with Crippen LogP contribution < -0.4 is 0 Å². The number of hydrogen-bond acceptors (Lipinski definition) is 3. The van der Waals surface area contributed by atoms with Gasteiger partial charge in [0.25, 0.3) is 5.69 Å². The summed E-state index contributed by atoms with van der Waals surface area (Å²) >= 11 is 0. The van der Waals surface area contributed by atoms with Gasteiger partial charge in [0.2, 0.25) is 0 Å². The van der Waals surface area contributed by atoms with E-state index in [1.165, 1.54) is 18.2 Å². The van der Waals surface area contributed by atoms with Crippen LogP contribution in [0, 0.1) is 16.2 Å². The van der Waals surface area contributed by atoms with Crippen molar-refractivity contribution in [2.75, 3.05) is 0 Å². The smallest absolute Gasteiger partial charge is 0.308 e. The maximum Gasteiger partial charge on any atom is 0.308 e. The number of carbonyl (C=O) groups is 1. The van der Waals surface area contributed by atoms with Crippen molar-refractivity contribution in [3.63, 3.8) is 0 Å². The lowest BCUT2D eigenvalue weighted by Gasteiger charge is -1.97. The molecule has 0 fully saturated rings. The Morgan fingerprint density at radius 3 is 2.92 bits per heavy atom. The van der Waals surface area contributed by atoms with Gasteiger partial charge >= 0.3 is 5.97 Å². The number of carboxylic acids is 1. The van der Waals surface area contributed by atoms with Crippen LogP contribution in [0.25, 0.3) is 0 Å². The van der Waals surface area contributed by atoms with Crippen molar-refractivity contribution >= 4 is 11.7 Å². The van der Waals surface area contributed by atoms with E-state index in [4.69, 9.17) is 5.11 Å². The average Bonchev–Trinajstić information content (AvgIpc) is 2.03. The lowest BCUT2D eigenvalue weighted by atomic mass is 10.1. The summed E-state index contributed by atoms with van der Waals surface area (Å²) in [6.45, 7) is 0. The molecule has 0 bridgehead atoms. The topological polar surface area (TPSA) is 80.4 Å². The highest BCUT2D eigenvalue weighted by atomic mass is 16.6. The molecule has 1 rings (SSSR count). The van der Waals surface area contributed by atoms with E-state index in [-0.39, 0.29) is 17.7 Å². The maximum atomic E-state index is 10.4. The summed E-state index contributed by atoms with van der Waals surface area (Å²) in [7, 11) is 0. The Bertz CT molecular complexity index is 348. The minimum atomic E-state index is -1.09. The van der Waals surface area contributed by atoms with E-state index in [2.05, 4.69) is 6.07 Å². The van der Waals surface area contributed by atoms with Crippen molar-refractivity contribution in [2.45, 2.75) is 6.42 Å². The quantitative estimate of drug-likeness (QED) is 0.556. The molecule has 1 aromatic carbocycles. The van der Waals surface area contributed by atoms with E-state index in [0.29, 0.717) is 0 Å². The standard InChI is InChI=1S/C8H6NO4/c10-8(11)5-6-3-1-2-4-7(6)9(12)13/h2-4H,5H2,(H,10,11). The maximum absolute atomic E-state index is 10.4. The fourth-order valence-corrected chi connectivity index (χ4v) is 0.939. The lowest BCUT2D eigenvalue weighted by Crippen LogP contribution is -2.03. The second-order valence-electron chi connectivity index (χ2n) is 2.38. The molecule has 1 radical (unpaired) electrons. The van der Waals surface area contributed by atoms with E-state index in [1.807, 2.05) is 0 Å². The highest BCUT2D eigenvalue weighted by molar-refractivity contribution is 5.71. The Hall–Kier alpha value is -1.91. The number of rotatable bonds is 3. The molecule has 0 aliphatic carbocycles. The molecule has 0 saturated heterocycles. The summed E-state index contributed by atoms with van der Waals surface area (Å²) in [6.07, 6.45) is -0.354. The van der Waals surface area contributed by atoms with Crippen LogP contribution in [0.4, 0.5) is 5.69 Å². The Labute approximate surface area is 73.8 Å². The summed E-state index contributed by atoms with van der Waals surface area (Å²) in [5.74, 6) is -1.09. The van der Waals surface area contributed by atoms with Crippen molar-refractivity contribution in [3.05, 3.63) is 39.9 Å². The normalized spacial score (nSPS) is 9.54. The summed E-state index contributed by atoms with van der Waals surface area (Å²) in [5.41, 5.74) is -0.0128. The van der Waals surface area contributed by atoms with Crippen molar-refractivity contribution < 1.29 is 14.8 Å². The molecule has 0 spiro atoms. The van der Waals surface area contributed by atoms with Gasteiger partial charge in [-0.25, -0.2) is 0 Å². The number of hydrogen-bond donors (Lipinski definition) is 1. The molecule has 1 aromatic rings. The van der Waals surface area contributed by atoms with Crippen LogP contribution in [0.2, 0.25) is 0 Å². The third-order valence-corrected chi connectivity index (χ3v) is 1.46. The summed E-state index contributed by atoms with van der Waals surface area (Å²) in [6, 6.07) is 6.52. The molecule has 0 saturated carbocycles. The number of nitrogens with zero attached hydrogens (tertiary/aromatic N) is 1. The SMILES string of the molecule is O=C(O)Cc1c[c]ccc1[N+](=O)[O-]. The van der Waals surface area contributed by atoms with Crippen LogP contribution in [0.3, 0.4) is 0 Å². The van der Waals surface area contributed by atoms with Crippen LogP contribution in [0.1, 0.15) is 5.56 Å². The van der Waals surface area contributed by atoms with Gasteiger partial charge in [-0.15, -0.1) is 0 Å². The first kappa shape index (κ1) is 9.18. The Morgan fingerprint density at radius 2 is 2.38 bits per heavy atom. The van der Waals surface area contributed by atoms with E-state index in [9.17, 15) is 14.9 Å². The van der Waals surface area contributed by atoms with Crippen LogP contribution in [-0.4, -0.2) is 16.0 Å². The van der Waals surface area contributed by atoms with Gasteiger partial charge in [-0.1, -0.05) is 0 Å². The van der Waals surface area contributed by atoms with Gasteiger partial charge in [0.15, 0.2) is 0 Å². The number of nitro benzene ring substituents is 1. The van der Waals surface area contributed by atoms with E-state index in [0.717, 1.165) is 0 Å². The van der Waals surface area contributed by atoms with Crippen LogP contribution >= 0.6 is 0 Å². The minimum Gasteiger partial charge on any atom is -0.481 e. The van der Waals surface area contributed by atoms with Gasteiger partial charge < -0.3 is 5.11 Å². The fraction of sp³-hybridized carbons (Fsp3) is 0.125. The Balaban J connectivity index is 3.04. The zero-order valence-electron chi connectivity index (χ0n) is 6.56. The van der Waals surface area contributed by atoms with Gasteiger partial charge in [-0.05, 0) is 18.2 Å². The molecular weight excluding hydrogens is 174 g/mol. The Kier molecular flexibility index (Phi) is 2.59. The highest BCUT2D eigenvalue weighted by Gasteiger charge is 2.14. The molecule has 13 heavy (non-hydrogen) atoms. The van der Waals surface area contributed by atoms with E-state index in [1.54, 1.807) is 0 Å². The third kappa shape index (κ3) is 2.26. The van der Waals surface area contributed by atoms with Crippen molar-refractivity contribution in [1.29, 1.82) is 0 Å². The van der Waals surface area contributed by atoms with Gasteiger partial charge in [0.1, 0.15) is 0 Å². The van der Waals surface area contributed by atoms with Crippen molar-refractivity contribution in [2.24, 2.45) is 0 Å². The number of carboxylic acid groups (broad SMARTS) is 1. The summed E-state index contributed by atoms with van der Waals surface area (Å²) < 4.78 is 0. The average molecular weight is 180 g/mol. The van der Waals surface area contributed by atoms with E-state index >= 15 is 0 Å². The fourth-order valence-electron chi connectivity index (χ4n) is 0.939. The van der Waals surface area contributed by atoms with Gasteiger partial charge in [-0.3, -0.25) is 14.9 Å². The first-order valence-electron chi connectivity index (χ1n) is 3.46. The second kappa shape index (κ2) is 3.66. The van der Waals surface area contributed by atoms with Gasteiger partial charge in [0.05, 0.1) is 11.3 Å². The van der Waals surface area contributed by atoms with Crippen molar-refractivity contribution in [1.82, 2.24) is 0 Å². The number of benzene rings is 1. The zero-order valence-corrected chi connectivity index (χ0v) is 6.56. The predicted molar refractivity (Wildman–Crippen MR) is 43.3 cm³/mol. The molecule has 1 N–H and O–H groups in total. The molecular formula is C8H6NO4. The minimum absolute atomic E-state index is 0.167. The molecule has 0 heterocycles. The first-order chi connectivity index (χ1) is 6.11. The molecule has 5 heteroatoms. The molecule has 0 atom stereocenters. The largest absolute Gasteiger partial charge is 0.481 e. The molecule has 5 nitrogen and oxygen atoms in total. The number of aliphatic carboxylic acids is 1. The van der Waals surface area contributed by atoms with Crippen LogP contribution in [0.15, 0.2) is 18.2 Å². The molecule has 0 aliphatic rings. The second-order valence-corrected chi connectivity index (χ2v) is 2.38.